The van der Waals surface area contributed by atoms with Crippen molar-refractivity contribution in [2.24, 2.45) is 0 Å². The molecule has 0 saturated heterocycles. The molecule has 0 aromatic heterocycles. The van der Waals surface area contributed by atoms with E-state index < -0.39 is 0 Å². The normalized spacial score (nSPS) is 10.3. The van der Waals surface area contributed by atoms with Gasteiger partial charge in [0, 0.05) is 17.8 Å². The van der Waals surface area contributed by atoms with Crippen LogP contribution in [0.5, 0.6) is 5.75 Å². The number of rotatable bonds is 6. The molecule has 2 aromatic carbocycles. The molecule has 0 aliphatic carbocycles. The van der Waals surface area contributed by atoms with Gasteiger partial charge in [-0.15, -0.1) is 0 Å². The van der Waals surface area contributed by atoms with E-state index in [4.69, 9.17) is 16.3 Å². The predicted octanol–water partition coefficient (Wildman–Crippen LogP) is 4.20. The fourth-order valence-corrected chi connectivity index (χ4v) is 3.13. The van der Waals surface area contributed by atoms with Crippen molar-refractivity contribution in [1.29, 1.82) is 0 Å². The number of hydrogen-bond donors (Lipinski definition) is 1. The minimum atomic E-state index is -0.302. The Morgan fingerprint density at radius 3 is 2.46 bits per heavy atom. The smallest absolute Gasteiger partial charge is 0.260 e. The Bertz CT molecular complexity index is 806. The van der Waals surface area contributed by atoms with Gasteiger partial charge in [0.2, 0.25) is 5.91 Å². The molecule has 26 heavy (non-hydrogen) atoms. The third-order valence-corrected chi connectivity index (χ3v) is 4.65. The van der Waals surface area contributed by atoms with Gasteiger partial charge in [0.1, 0.15) is 5.75 Å². The van der Waals surface area contributed by atoms with Gasteiger partial charge in [0.15, 0.2) is 6.61 Å². The quantitative estimate of drug-likeness (QED) is 0.734. The maximum Gasteiger partial charge on any atom is 0.260 e. The van der Waals surface area contributed by atoms with Crippen LogP contribution in [0, 0.1) is 13.8 Å². The second-order valence-corrected chi connectivity index (χ2v) is 7.22. The standard InChI is InChI=1S/C19H20BrClN2O3/c1-12-5-4-6-13(2)19(12)22-17(24)10-23(3)18(25)11-26-16-8-7-14(21)9-15(16)20/h4-9H,10-11H2,1-3H3,(H,22,24). The van der Waals surface area contributed by atoms with Crippen molar-refractivity contribution in [2.75, 3.05) is 25.5 Å². The molecule has 0 saturated carbocycles. The van der Waals surface area contributed by atoms with Crippen LogP contribution in [-0.4, -0.2) is 36.9 Å². The Hall–Kier alpha value is -2.05. The zero-order valence-corrected chi connectivity index (χ0v) is 17.1. The van der Waals surface area contributed by atoms with Gasteiger partial charge in [-0.1, -0.05) is 29.8 Å². The van der Waals surface area contributed by atoms with Crippen LogP contribution in [0.3, 0.4) is 0 Å². The van der Waals surface area contributed by atoms with E-state index in [2.05, 4.69) is 21.2 Å². The Labute approximate surface area is 166 Å². The Balaban J connectivity index is 1.89. The number of nitrogens with one attached hydrogen (secondary N) is 1. The van der Waals surface area contributed by atoms with E-state index in [0.29, 0.717) is 15.2 Å². The molecular formula is C19H20BrClN2O3. The van der Waals surface area contributed by atoms with Crippen LogP contribution in [0.1, 0.15) is 11.1 Å². The Morgan fingerprint density at radius 2 is 1.85 bits per heavy atom. The fourth-order valence-electron chi connectivity index (χ4n) is 2.34. The largest absolute Gasteiger partial charge is 0.483 e. The highest BCUT2D eigenvalue weighted by atomic mass is 79.9. The number of halogens is 2. The monoisotopic (exact) mass is 438 g/mol. The third-order valence-electron chi connectivity index (χ3n) is 3.80. The number of nitrogens with zero attached hydrogens (tertiary/aromatic N) is 1. The summed E-state index contributed by atoms with van der Waals surface area (Å²) >= 11 is 9.20. The summed E-state index contributed by atoms with van der Waals surface area (Å²) in [4.78, 5) is 25.8. The molecule has 1 N–H and O–H groups in total. The van der Waals surface area contributed by atoms with Gasteiger partial charge in [-0.25, -0.2) is 0 Å². The average molecular weight is 440 g/mol. The molecule has 0 bridgehead atoms. The number of carbonyl (C=O) groups is 2. The molecule has 0 unspecified atom stereocenters. The molecule has 0 atom stereocenters. The number of carbonyl (C=O) groups excluding carboxylic acids is 2. The molecular weight excluding hydrogens is 420 g/mol. The molecule has 0 radical (unpaired) electrons. The number of para-hydroxylation sites is 1. The topological polar surface area (TPSA) is 58.6 Å². The van der Waals surface area contributed by atoms with E-state index >= 15 is 0 Å². The van der Waals surface area contributed by atoms with Gasteiger partial charge in [-0.3, -0.25) is 9.59 Å². The van der Waals surface area contributed by atoms with Crippen molar-refractivity contribution < 1.29 is 14.3 Å². The Morgan fingerprint density at radius 1 is 1.19 bits per heavy atom. The lowest BCUT2D eigenvalue weighted by Crippen LogP contribution is -2.37. The number of ether oxygens (including phenoxy) is 1. The first-order chi connectivity index (χ1) is 12.3. The first-order valence-corrected chi connectivity index (χ1v) is 9.13. The zero-order valence-electron chi connectivity index (χ0n) is 14.8. The minimum absolute atomic E-state index is 0.0578. The number of likely N-dealkylation sites (N-methyl/N-ethyl adjacent to an activating group) is 1. The lowest BCUT2D eigenvalue weighted by Gasteiger charge is -2.18. The van der Waals surface area contributed by atoms with Crippen molar-refractivity contribution in [3.05, 3.63) is 57.0 Å². The van der Waals surface area contributed by atoms with E-state index in [-0.39, 0.29) is 25.0 Å². The third kappa shape index (κ3) is 5.47. The molecule has 0 aliphatic heterocycles. The van der Waals surface area contributed by atoms with Crippen LogP contribution in [0.15, 0.2) is 40.9 Å². The van der Waals surface area contributed by atoms with Gasteiger partial charge in [0.05, 0.1) is 11.0 Å². The van der Waals surface area contributed by atoms with Gasteiger partial charge in [-0.05, 0) is 59.1 Å². The maximum atomic E-state index is 12.2. The van der Waals surface area contributed by atoms with Crippen LogP contribution in [-0.2, 0) is 9.59 Å². The fraction of sp³-hybridized carbons (Fsp3) is 0.263. The molecule has 7 heteroatoms. The molecule has 5 nitrogen and oxygen atoms in total. The van der Waals surface area contributed by atoms with Crippen LogP contribution in [0.2, 0.25) is 5.02 Å². The van der Waals surface area contributed by atoms with Gasteiger partial charge in [-0.2, -0.15) is 0 Å². The second kappa shape index (κ2) is 9.05. The van der Waals surface area contributed by atoms with E-state index in [0.717, 1.165) is 16.8 Å². The number of hydrogen-bond acceptors (Lipinski definition) is 3. The van der Waals surface area contributed by atoms with Crippen LogP contribution >= 0.6 is 27.5 Å². The van der Waals surface area contributed by atoms with Crippen molar-refractivity contribution in [1.82, 2.24) is 4.90 Å². The van der Waals surface area contributed by atoms with E-state index in [1.807, 2.05) is 32.0 Å². The lowest BCUT2D eigenvalue weighted by molar-refractivity contribution is -0.135. The number of anilines is 1. The maximum absolute atomic E-state index is 12.2. The summed E-state index contributed by atoms with van der Waals surface area (Å²) in [7, 11) is 1.56. The summed E-state index contributed by atoms with van der Waals surface area (Å²) in [5.41, 5.74) is 2.73. The highest BCUT2D eigenvalue weighted by Crippen LogP contribution is 2.27. The molecule has 0 fully saturated rings. The number of benzene rings is 2. The molecule has 2 aromatic rings. The first kappa shape index (κ1) is 20.3. The van der Waals surface area contributed by atoms with Crippen molar-refractivity contribution in [3.63, 3.8) is 0 Å². The summed E-state index contributed by atoms with van der Waals surface area (Å²) in [5, 5.41) is 3.42. The summed E-state index contributed by atoms with van der Waals surface area (Å²) in [6, 6.07) is 10.8. The number of amides is 2. The van der Waals surface area contributed by atoms with Crippen molar-refractivity contribution >= 4 is 45.0 Å². The summed E-state index contributed by atoms with van der Waals surface area (Å²) < 4.78 is 6.14. The van der Waals surface area contributed by atoms with Gasteiger partial charge >= 0.3 is 0 Å². The molecule has 0 spiro atoms. The lowest BCUT2D eigenvalue weighted by atomic mass is 10.1. The van der Waals surface area contributed by atoms with Crippen LogP contribution in [0.25, 0.3) is 0 Å². The predicted molar refractivity (Wildman–Crippen MR) is 107 cm³/mol. The van der Waals surface area contributed by atoms with Gasteiger partial charge in [0.25, 0.3) is 5.91 Å². The van der Waals surface area contributed by atoms with E-state index in [1.54, 1.807) is 25.2 Å². The molecule has 138 valence electrons. The first-order valence-electron chi connectivity index (χ1n) is 7.96. The highest BCUT2D eigenvalue weighted by molar-refractivity contribution is 9.10. The van der Waals surface area contributed by atoms with E-state index in [1.165, 1.54) is 4.90 Å². The molecule has 2 amide bonds. The summed E-state index contributed by atoms with van der Waals surface area (Å²) in [5.74, 6) is -0.0504. The second-order valence-electron chi connectivity index (χ2n) is 5.93. The van der Waals surface area contributed by atoms with Crippen LogP contribution in [0.4, 0.5) is 5.69 Å². The summed E-state index contributed by atoms with van der Waals surface area (Å²) in [6.45, 7) is 3.62. The minimum Gasteiger partial charge on any atom is -0.483 e. The van der Waals surface area contributed by atoms with Gasteiger partial charge < -0.3 is 15.0 Å². The molecule has 0 aliphatic rings. The zero-order chi connectivity index (χ0) is 19.3. The molecule has 0 heterocycles. The average Bonchev–Trinajstić information content (AvgIpc) is 2.57. The molecule has 2 rings (SSSR count). The van der Waals surface area contributed by atoms with Crippen molar-refractivity contribution in [2.45, 2.75) is 13.8 Å². The summed E-state index contributed by atoms with van der Waals surface area (Å²) in [6.07, 6.45) is 0. The SMILES string of the molecule is Cc1cccc(C)c1NC(=O)CN(C)C(=O)COc1ccc(Cl)cc1Br. The van der Waals surface area contributed by atoms with Crippen LogP contribution < -0.4 is 10.1 Å². The van der Waals surface area contributed by atoms with E-state index in [9.17, 15) is 9.59 Å². The Kier molecular flexibility index (Phi) is 7.06. The number of aryl methyl sites for hydroxylation is 2. The highest BCUT2D eigenvalue weighted by Gasteiger charge is 2.15. The van der Waals surface area contributed by atoms with Crippen molar-refractivity contribution in [3.8, 4) is 5.75 Å².